The fourth-order valence-corrected chi connectivity index (χ4v) is 4.79. The zero-order valence-corrected chi connectivity index (χ0v) is 15.6. The van der Waals surface area contributed by atoms with Gasteiger partial charge >= 0.3 is 7.12 Å². The fraction of sp³-hybridized carbons (Fsp3) is 0.0833. The number of hydrogen-bond acceptors (Lipinski definition) is 3. The molecule has 1 aliphatic heterocycles. The summed E-state index contributed by atoms with van der Waals surface area (Å²) in [5, 5.41) is 21.0. The molecule has 2 aliphatic rings. The third-order valence-electron chi connectivity index (χ3n) is 6.01. The van der Waals surface area contributed by atoms with E-state index in [0.717, 1.165) is 33.6 Å². The predicted octanol–water partition coefficient (Wildman–Crippen LogP) is 3.55. The molecule has 140 valence electrons. The first kappa shape index (κ1) is 16.7. The van der Waals surface area contributed by atoms with Crippen LogP contribution >= 0.6 is 0 Å². The van der Waals surface area contributed by atoms with E-state index in [0.29, 0.717) is 5.46 Å². The first-order valence-corrected chi connectivity index (χ1v) is 9.76. The van der Waals surface area contributed by atoms with Crippen molar-refractivity contribution in [2.75, 3.05) is 0 Å². The Morgan fingerprint density at radius 2 is 1.62 bits per heavy atom. The average molecular weight is 379 g/mol. The number of nitrogens with zero attached hydrogens (tertiary/aromatic N) is 1. The summed E-state index contributed by atoms with van der Waals surface area (Å²) in [6.07, 6.45) is 4.25. The van der Waals surface area contributed by atoms with Gasteiger partial charge in [-0.25, -0.2) is 0 Å². The van der Waals surface area contributed by atoms with Gasteiger partial charge in [-0.3, -0.25) is 0 Å². The van der Waals surface area contributed by atoms with Crippen LogP contribution in [0.4, 0.5) is 0 Å². The molecule has 0 amide bonds. The minimum absolute atomic E-state index is 0.0928. The second-order valence-corrected chi connectivity index (χ2v) is 7.55. The van der Waals surface area contributed by atoms with Crippen LogP contribution in [0.3, 0.4) is 0 Å². The van der Waals surface area contributed by atoms with E-state index in [2.05, 4.69) is 41.0 Å². The molecule has 0 saturated carbocycles. The number of fused-ring (bicyclic) bond motifs is 7. The van der Waals surface area contributed by atoms with Crippen molar-refractivity contribution in [1.82, 2.24) is 4.57 Å². The Bertz CT molecular complexity index is 1290. The van der Waals surface area contributed by atoms with Crippen LogP contribution in [0.2, 0.25) is 0 Å². The molecule has 2 heterocycles. The number of benzene rings is 3. The maximum absolute atomic E-state index is 9.95. The van der Waals surface area contributed by atoms with Crippen LogP contribution in [0.25, 0.3) is 22.7 Å². The van der Waals surface area contributed by atoms with Crippen LogP contribution in [0.5, 0.6) is 5.75 Å². The Kier molecular flexibility index (Phi) is 3.51. The van der Waals surface area contributed by atoms with Crippen molar-refractivity contribution < 1.29 is 14.8 Å². The third-order valence-corrected chi connectivity index (χ3v) is 6.01. The second kappa shape index (κ2) is 6.11. The minimum Gasteiger partial charge on any atom is -0.484 e. The van der Waals surface area contributed by atoms with E-state index < -0.39 is 7.12 Å². The van der Waals surface area contributed by atoms with Gasteiger partial charge in [-0.2, -0.15) is 0 Å². The molecule has 29 heavy (non-hydrogen) atoms. The SMILES string of the molecule is OB(O)c1ccccc1-n1c2c(c3ccccc31)C1Oc3ccccc3C1C=C2. The number of rotatable bonds is 2. The van der Waals surface area contributed by atoms with Crippen LogP contribution in [0, 0.1) is 0 Å². The Hall–Kier alpha value is -3.28. The normalized spacial score (nSPS) is 18.8. The highest BCUT2D eigenvalue weighted by Crippen LogP contribution is 2.52. The molecule has 6 rings (SSSR count). The first-order valence-electron chi connectivity index (χ1n) is 9.76. The molecule has 0 fully saturated rings. The van der Waals surface area contributed by atoms with Crippen molar-refractivity contribution in [1.29, 1.82) is 0 Å². The lowest BCUT2D eigenvalue weighted by molar-refractivity contribution is 0.224. The standard InChI is InChI=1S/C24H18BNO3/c27-25(28)18-9-3-5-11-20(18)26-19-10-4-1-8-17(19)23-21(26)14-13-16-15-7-2-6-12-22(15)29-24(16)23/h1-14,16,24,27-28H. The molecular formula is C24H18BNO3. The summed E-state index contributed by atoms with van der Waals surface area (Å²) in [5.74, 6) is 1.11. The molecule has 0 bridgehead atoms. The highest BCUT2D eigenvalue weighted by atomic mass is 16.5. The van der Waals surface area contributed by atoms with Gasteiger partial charge in [0.2, 0.25) is 0 Å². The summed E-state index contributed by atoms with van der Waals surface area (Å²) in [7, 11) is -1.55. The summed E-state index contributed by atoms with van der Waals surface area (Å²) in [4.78, 5) is 0. The van der Waals surface area contributed by atoms with Crippen LogP contribution in [0.15, 0.2) is 78.9 Å². The van der Waals surface area contributed by atoms with Crippen LogP contribution in [0.1, 0.15) is 28.8 Å². The number of para-hydroxylation sites is 3. The van der Waals surface area contributed by atoms with Crippen LogP contribution in [-0.4, -0.2) is 21.7 Å². The number of hydrogen-bond donors (Lipinski definition) is 2. The lowest BCUT2D eigenvalue weighted by Crippen LogP contribution is -2.33. The molecule has 0 radical (unpaired) electrons. The quantitative estimate of drug-likeness (QED) is 0.524. The predicted molar refractivity (Wildman–Crippen MR) is 115 cm³/mol. The molecule has 4 aromatic rings. The Balaban J connectivity index is 1.65. The summed E-state index contributed by atoms with van der Waals surface area (Å²) in [6.45, 7) is 0. The fourth-order valence-electron chi connectivity index (χ4n) is 4.79. The highest BCUT2D eigenvalue weighted by Gasteiger charge is 2.40. The molecule has 1 aliphatic carbocycles. The maximum Gasteiger partial charge on any atom is 0.490 e. The van der Waals surface area contributed by atoms with E-state index in [1.807, 2.05) is 42.5 Å². The van der Waals surface area contributed by atoms with E-state index in [9.17, 15) is 10.0 Å². The van der Waals surface area contributed by atoms with E-state index in [4.69, 9.17) is 4.74 Å². The van der Waals surface area contributed by atoms with Crippen molar-refractivity contribution in [2.45, 2.75) is 12.0 Å². The monoisotopic (exact) mass is 379 g/mol. The van der Waals surface area contributed by atoms with Gasteiger partial charge in [-0.1, -0.05) is 60.7 Å². The summed E-state index contributed by atoms with van der Waals surface area (Å²) in [5.41, 5.74) is 5.64. The lowest BCUT2D eigenvalue weighted by Gasteiger charge is -2.22. The van der Waals surface area contributed by atoms with Gasteiger partial charge in [0, 0.05) is 33.6 Å². The van der Waals surface area contributed by atoms with Crippen molar-refractivity contribution >= 4 is 29.6 Å². The molecule has 2 N–H and O–H groups in total. The molecule has 0 spiro atoms. The molecule has 2 atom stereocenters. The van der Waals surface area contributed by atoms with Crippen LogP contribution < -0.4 is 10.2 Å². The van der Waals surface area contributed by atoms with E-state index in [1.165, 1.54) is 5.56 Å². The van der Waals surface area contributed by atoms with Gasteiger partial charge in [0.1, 0.15) is 11.9 Å². The Morgan fingerprint density at radius 3 is 2.52 bits per heavy atom. The largest absolute Gasteiger partial charge is 0.490 e. The summed E-state index contributed by atoms with van der Waals surface area (Å²) in [6, 6.07) is 23.8. The third kappa shape index (κ3) is 2.29. The average Bonchev–Trinajstić information content (AvgIpc) is 3.29. The molecular weight excluding hydrogens is 361 g/mol. The summed E-state index contributed by atoms with van der Waals surface area (Å²) >= 11 is 0. The molecule has 0 saturated heterocycles. The van der Waals surface area contributed by atoms with E-state index in [1.54, 1.807) is 6.07 Å². The topological polar surface area (TPSA) is 54.6 Å². The molecule has 4 nitrogen and oxygen atoms in total. The Morgan fingerprint density at radius 1 is 0.862 bits per heavy atom. The van der Waals surface area contributed by atoms with Gasteiger partial charge < -0.3 is 19.4 Å². The van der Waals surface area contributed by atoms with Gasteiger partial charge in [0.05, 0.1) is 11.2 Å². The van der Waals surface area contributed by atoms with Crippen LogP contribution in [-0.2, 0) is 0 Å². The minimum atomic E-state index is -1.55. The number of ether oxygens (including phenoxy) is 1. The molecule has 5 heteroatoms. The molecule has 1 aromatic heterocycles. The zero-order chi connectivity index (χ0) is 19.5. The van der Waals surface area contributed by atoms with E-state index in [-0.39, 0.29) is 12.0 Å². The number of aromatic nitrogens is 1. The van der Waals surface area contributed by atoms with Crippen molar-refractivity contribution in [3.8, 4) is 11.4 Å². The molecule has 3 aromatic carbocycles. The van der Waals surface area contributed by atoms with Crippen molar-refractivity contribution in [3.63, 3.8) is 0 Å². The van der Waals surface area contributed by atoms with Crippen molar-refractivity contribution in [3.05, 3.63) is 95.7 Å². The smallest absolute Gasteiger partial charge is 0.484 e. The lowest BCUT2D eigenvalue weighted by atomic mass is 9.79. The highest BCUT2D eigenvalue weighted by molar-refractivity contribution is 6.60. The maximum atomic E-state index is 9.95. The van der Waals surface area contributed by atoms with Gasteiger partial charge in [0.15, 0.2) is 0 Å². The van der Waals surface area contributed by atoms with Gasteiger partial charge in [0.25, 0.3) is 0 Å². The molecule has 2 unspecified atom stereocenters. The van der Waals surface area contributed by atoms with Gasteiger partial charge in [-0.05, 0) is 24.3 Å². The zero-order valence-electron chi connectivity index (χ0n) is 15.6. The second-order valence-electron chi connectivity index (χ2n) is 7.55. The summed E-state index contributed by atoms with van der Waals surface area (Å²) < 4.78 is 8.52. The Labute approximate surface area is 168 Å². The first-order chi connectivity index (χ1) is 14.2. The van der Waals surface area contributed by atoms with Gasteiger partial charge in [-0.15, -0.1) is 0 Å². The van der Waals surface area contributed by atoms with E-state index >= 15 is 0 Å². The van der Waals surface area contributed by atoms with Crippen molar-refractivity contribution in [2.24, 2.45) is 0 Å².